The van der Waals surface area contributed by atoms with Crippen LogP contribution in [0.3, 0.4) is 0 Å². The fourth-order valence-corrected chi connectivity index (χ4v) is 4.10. The molecule has 0 aliphatic carbocycles. The van der Waals surface area contributed by atoms with Gasteiger partial charge in [0.1, 0.15) is 0 Å². The van der Waals surface area contributed by atoms with Crippen molar-refractivity contribution in [3.05, 3.63) is 72.3 Å². The lowest BCUT2D eigenvalue weighted by molar-refractivity contribution is -0.127. The van der Waals surface area contributed by atoms with Crippen LogP contribution in [0.5, 0.6) is 0 Å². The molecule has 1 aliphatic heterocycles. The molecule has 11 nitrogen and oxygen atoms in total. The van der Waals surface area contributed by atoms with Crippen LogP contribution in [-0.4, -0.2) is 57.6 Å². The van der Waals surface area contributed by atoms with Gasteiger partial charge in [-0.1, -0.05) is 18.7 Å². The van der Waals surface area contributed by atoms with E-state index in [0.717, 1.165) is 29.6 Å². The average molecular weight is 489 g/mol. The Kier molecular flexibility index (Phi) is 7.28. The van der Waals surface area contributed by atoms with E-state index >= 15 is 0 Å². The van der Waals surface area contributed by atoms with Gasteiger partial charge in [-0.3, -0.25) is 9.59 Å². The van der Waals surface area contributed by atoms with Crippen molar-refractivity contribution in [2.24, 2.45) is 0 Å². The summed E-state index contributed by atoms with van der Waals surface area (Å²) in [6, 6.07) is 13.6. The molecule has 1 aliphatic rings. The number of rotatable bonds is 6. The largest absolute Gasteiger partial charge is 0.368 e. The molecule has 1 atom stereocenters. The second kappa shape index (κ2) is 10.7. The molecular weight excluding hydrogens is 460 g/mol. The number of nitrogens with two attached hydrogens (primary N) is 1. The second-order valence-corrected chi connectivity index (χ2v) is 8.37. The fourth-order valence-electron chi connectivity index (χ4n) is 4.10. The van der Waals surface area contributed by atoms with Crippen molar-refractivity contribution in [3.8, 4) is 0 Å². The quantitative estimate of drug-likeness (QED) is 0.390. The Morgan fingerprint density at radius 2 is 1.78 bits per heavy atom. The van der Waals surface area contributed by atoms with Gasteiger partial charge in [0.25, 0.3) is 5.91 Å². The average Bonchev–Trinajstić information content (AvgIpc) is 3.28. The molecule has 2 aromatic carbocycles. The van der Waals surface area contributed by atoms with E-state index in [1.807, 2.05) is 29.2 Å². The zero-order chi connectivity index (χ0) is 25.7. The van der Waals surface area contributed by atoms with Crippen LogP contribution in [0.4, 0.5) is 28.1 Å². The van der Waals surface area contributed by atoms with E-state index in [4.69, 9.17) is 5.73 Å². The van der Waals surface area contributed by atoms with Crippen LogP contribution in [0, 0.1) is 0 Å². The Bertz CT molecular complexity index is 1270. The molecule has 0 bridgehead atoms. The highest BCUT2D eigenvalue weighted by Crippen LogP contribution is 2.28. The molecular formula is C25H28N8O3. The van der Waals surface area contributed by atoms with Gasteiger partial charge >= 0.3 is 6.03 Å². The number of hydrogen-bond acceptors (Lipinski definition) is 7. The minimum absolute atomic E-state index is 0.0521. The maximum Gasteiger partial charge on any atom is 0.349 e. The van der Waals surface area contributed by atoms with E-state index in [1.165, 1.54) is 6.08 Å². The molecule has 186 valence electrons. The van der Waals surface area contributed by atoms with Gasteiger partial charge in [-0.25, -0.2) is 4.79 Å². The number of benzene rings is 2. The maximum atomic E-state index is 12.7. The van der Waals surface area contributed by atoms with E-state index in [9.17, 15) is 14.4 Å². The van der Waals surface area contributed by atoms with Gasteiger partial charge in [-0.05, 0) is 60.9 Å². The molecule has 3 aromatic rings. The van der Waals surface area contributed by atoms with Crippen LogP contribution >= 0.6 is 0 Å². The lowest BCUT2D eigenvalue weighted by atomic mass is 9.90. The van der Waals surface area contributed by atoms with Crippen molar-refractivity contribution in [2.75, 3.05) is 36.5 Å². The van der Waals surface area contributed by atoms with Crippen LogP contribution in [0.2, 0.25) is 0 Å². The highest BCUT2D eigenvalue weighted by molar-refractivity contribution is 5.94. The topological polar surface area (TPSA) is 147 Å². The van der Waals surface area contributed by atoms with Crippen molar-refractivity contribution in [1.82, 2.24) is 25.0 Å². The number of carbonyl (C=O) groups is 3. The summed E-state index contributed by atoms with van der Waals surface area (Å²) in [5.41, 5.74) is 8.72. The highest BCUT2D eigenvalue weighted by Gasteiger charge is 2.23. The molecule has 2 heterocycles. The summed E-state index contributed by atoms with van der Waals surface area (Å²) in [5.74, 6) is 0.0481. The standard InChI is InChI=1S/C25H28N8O3/c1-3-21(34)32-14-4-5-18(15-32)16-6-10-20(11-7-16)29-25(36)33-23(26)30-24(31-33)28-19-12-8-17(9-13-19)22(35)27-2/h3,6-13,18H,1,4-5,14-15H2,2H3,(H,27,35)(H,29,36)(H3,26,28,30,31). The molecule has 5 N–H and O–H groups in total. The molecule has 1 fully saturated rings. The molecule has 0 saturated carbocycles. The van der Waals surface area contributed by atoms with Gasteiger partial charge in [-0.2, -0.15) is 4.98 Å². The first-order chi connectivity index (χ1) is 17.4. The van der Waals surface area contributed by atoms with Gasteiger partial charge in [0, 0.05) is 43.0 Å². The summed E-state index contributed by atoms with van der Waals surface area (Å²) in [6.45, 7) is 4.96. The molecule has 11 heteroatoms. The van der Waals surface area contributed by atoms with Gasteiger partial charge in [0.15, 0.2) is 0 Å². The van der Waals surface area contributed by atoms with E-state index < -0.39 is 6.03 Å². The Morgan fingerprint density at radius 3 is 2.44 bits per heavy atom. The van der Waals surface area contributed by atoms with Crippen molar-refractivity contribution in [3.63, 3.8) is 0 Å². The van der Waals surface area contributed by atoms with Gasteiger partial charge in [0.05, 0.1) is 0 Å². The fraction of sp³-hybridized carbons (Fsp3) is 0.240. The highest BCUT2D eigenvalue weighted by atomic mass is 16.2. The van der Waals surface area contributed by atoms with E-state index in [2.05, 4.69) is 32.6 Å². The Hall–Kier alpha value is -4.67. The summed E-state index contributed by atoms with van der Waals surface area (Å²) in [5, 5.41) is 12.4. The maximum absolute atomic E-state index is 12.7. The van der Waals surface area contributed by atoms with Crippen molar-refractivity contribution in [1.29, 1.82) is 0 Å². The van der Waals surface area contributed by atoms with Gasteiger partial charge in [-0.15, -0.1) is 9.78 Å². The van der Waals surface area contributed by atoms with Crippen LogP contribution in [0.25, 0.3) is 0 Å². The summed E-state index contributed by atoms with van der Waals surface area (Å²) in [7, 11) is 1.56. The Labute approximate surface area is 208 Å². The third-order valence-corrected chi connectivity index (χ3v) is 6.00. The molecule has 3 amide bonds. The number of aromatic nitrogens is 3. The first-order valence-electron chi connectivity index (χ1n) is 11.5. The molecule has 0 spiro atoms. The summed E-state index contributed by atoms with van der Waals surface area (Å²) < 4.78 is 0.967. The van der Waals surface area contributed by atoms with Crippen molar-refractivity contribution < 1.29 is 14.4 Å². The molecule has 1 aromatic heterocycles. The summed E-state index contributed by atoms with van der Waals surface area (Å²) in [4.78, 5) is 42.3. The van der Waals surface area contributed by atoms with Crippen LogP contribution in [0.1, 0.15) is 34.7 Å². The third-order valence-electron chi connectivity index (χ3n) is 6.00. The van der Waals surface area contributed by atoms with Crippen LogP contribution in [0.15, 0.2) is 61.2 Å². The van der Waals surface area contributed by atoms with Crippen molar-refractivity contribution >= 4 is 41.1 Å². The number of likely N-dealkylation sites (tertiary alicyclic amines) is 1. The van der Waals surface area contributed by atoms with Crippen LogP contribution in [-0.2, 0) is 4.79 Å². The molecule has 1 unspecified atom stereocenters. The first-order valence-corrected chi connectivity index (χ1v) is 11.5. The second-order valence-electron chi connectivity index (χ2n) is 8.37. The Balaban J connectivity index is 1.38. The predicted molar refractivity (Wildman–Crippen MR) is 137 cm³/mol. The minimum atomic E-state index is -0.559. The first kappa shape index (κ1) is 24.5. The number of nitrogen functional groups attached to an aromatic ring is 1. The summed E-state index contributed by atoms with van der Waals surface area (Å²) in [6.07, 6.45) is 3.27. The monoisotopic (exact) mass is 488 g/mol. The number of hydrogen-bond donors (Lipinski definition) is 4. The number of nitrogens with zero attached hydrogens (tertiary/aromatic N) is 4. The van der Waals surface area contributed by atoms with Gasteiger partial charge in [0.2, 0.25) is 17.8 Å². The predicted octanol–water partition coefficient (Wildman–Crippen LogP) is 2.94. The van der Waals surface area contributed by atoms with Gasteiger partial charge < -0.3 is 26.6 Å². The number of piperidine rings is 1. The van der Waals surface area contributed by atoms with E-state index in [1.54, 1.807) is 31.3 Å². The SMILES string of the molecule is C=CC(=O)N1CCCC(c2ccc(NC(=O)n3nc(Nc4ccc(C(=O)NC)cc4)nc3N)cc2)C1. The molecule has 4 rings (SSSR count). The molecule has 36 heavy (non-hydrogen) atoms. The van der Waals surface area contributed by atoms with Crippen LogP contribution < -0.4 is 21.7 Å². The lowest BCUT2D eigenvalue weighted by Crippen LogP contribution is -2.38. The minimum Gasteiger partial charge on any atom is -0.368 e. The number of nitrogens with one attached hydrogen (secondary N) is 3. The van der Waals surface area contributed by atoms with E-state index in [-0.39, 0.29) is 29.6 Å². The Morgan fingerprint density at radius 1 is 1.08 bits per heavy atom. The third kappa shape index (κ3) is 5.52. The molecule has 1 saturated heterocycles. The number of anilines is 4. The number of carbonyl (C=O) groups excluding carboxylic acids is 3. The van der Waals surface area contributed by atoms with Crippen molar-refractivity contribution in [2.45, 2.75) is 18.8 Å². The normalized spacial score (nSPS) is 15.1. The summed E-state index contributed by atoms with van der Waals surface area (Å²) >= 11 is 0. The van der Waals surface area contributed by atoms with E-state index in [0.29, 0.717) is 23.5 Å². The smallest absolute Gasteiger partial charge is 0.349 e. The zero-order valence-electron chi connectivity index (χ0n) is 19.9. The number of amides is 3. The molecule has 0 radical (unpaired) electrons. The zero-order valence-corrected chi connectivity index (χ0v) is 19.9. The lowest BCUT2D eigenvalue weighted by Gasteiger charge is -2.32.